The fraction of sp³-hybridized carbons (Fsp3) is 0.867. The van der Waals surface area contributed by atoms with Crippen LogP contribution in [0.1, 0.15) is 57.8 Å². The lowest BCUT2D eigenvalue weighted by atomic mass is 9.67. The Bertz CT molecular complexity index is 350. The van der Waals surface area contributed by atoms with Crippen LogP contribution in [0.2, 0.25) is 0 Å². The maximum atomic E-state index is 12.2. The molecule has 2 aliphatic carbocycles. The van der Waals surface area contributed by atoms with Crippen molar-refractivity contribution in [3.63, 3.8) is 0 Å². The molecule has 0 radical (unpaired) electrons. The average Bonchev–Trinajstić information content (AvgIpc) is 3.17. The van der Waals surface area contributed by atoms with Crippen LogP contribution in [0, 0.1) is 5.41 Å². The van der Waals surface area contributed by atoms with Gasteiger partial charge in [-0.05, 0) is 31.1 Å². The molecule has 1 aliphatic heterocycles. The van der Waals surface area contributed by atoms with Crippen LogP contribution >= 0.6 is 0 Å². The van der Waals surface area contributed by atoms with Gasteiger partial charge in [0, 0.05) is 32.0 Å². The van der Waals surface area contributed by atoms with E-state index in [4.69, 9.17) is 0 Å². The van der Waals surface area contributed by atoms with E-state index in [9.17, 15) is 9.59 Å². The second-order valence-corrected chi connectivity index (χ2v) is 6.58. The first-order valence-electron chi connectivity index (χ1n) is 7.75. The molecule has 0 bridgehead atoms. The maximum Gasteiger partial charge on any atom is 0.229 e. The lowest BCUT2D eigenvalue weighted by Crippen LogP contribution is -2.50. The van der Waals surface area contributed by atoms with E-state index in [1.165, 1.54) is 37.0 Å². The summed E-state index contributed by atoms with van der Waals surface area (Å²) in [5.41, 5.74) is 0.0207. The Morgan fingerprint density at radius 3 is 2.26 bits per heavy atom. The predicted octanol–water partition coefficient (Wildman–Crippen LogP) is 1.84. The van der Waals surface area contributed by atoms with Crippen molar-refractivity contribution in [3.8, 4) is 0 Å². The summed E-state index contributed by atoms with van der Waals surface area (Å²) in [5.74, 6) is 0.131. The zero-order valence-corrected chi connectivity index (χ0v) is 11.6. The third-order valence-corrected chi connectivity index (χ3v) is 4.91. The topological polar surface area (TPSA) is 49.4 Å². The smallest absolute Gasteiger partial charge is 0.229 e. The molecular weight excluding hydrogens is 240 g/mol. The normalized spacial score (nSPS) is 27.1. The van der Waals surface area contributed by atoms with Crippen molar-refractivity contribution in [1.29, 1.82) is 0 Å². The molecule has 1 N–H and O–H groups in total. The molecule has 1 spiro atoms. The molecule has 4 nitrogen and oxygen atoms in total. The van der Waals surface area contributed by atoms with Crippen molar-refractivity contribution in [2.24, 2.45) is 5.41 Å². The van der Waals surface area contributed by atoms with Gasteiger partial charge in [-0.3, -0.25) is 14.5 Å². The highest BCUT2D eigenvalue weighted by molar-refractivity contribution is 5.98. The largest absolute Gasteiger partial charge is 0.312 e. The van der Waals surface area contributed by atoms with Crippen LogP contribution in [0.25, 0.3) is 0 Å². The lowest BCUT2D eigenvalue weighted by Gasteiger charge is -2.42. The van der Waals surface area contributed by atoms with E-state index in [1.807, 2.05) is 0 Å². The molecule has 2 amide bonds. The number of rotatable bonds is 4. The number of nitrogens with one attached hydrogen (secondary N) is 1. The molecule has 0 atom stereocenters. The number of likely N-dealkylation sites (tertiary alicyclic amines) is 1. The Balaban J connectivity index is 1.55. The summed E-state index contributed by atoms with van der Waals surface area (Å²) in [6.45, 7) is 1.32. The van der Waals surface area contributed by atoms with Crippen molar-refractivity contribution >= 4 is 11.8 Å². The minimum atomic E-state index is 0.0207. The SMILES string of the molecule is O=C1CC2(CCCCC2)CC(=O)N1CCNC1CC1. The van der Waals surface area contributed by atoms with Gasteiger partial charge >= 0.3 is 0 Å². The standard InChI is InChI=1S/C15H24N2O2/c18-13-10-15(6-2-1-3-7-15)11-14(19)17(13)9-8-16-12-4-5-12/h12,16H,1-11H2. The Labute approximate surface area is 114 Å². The highest BCUT2D eigenvalue weighted by Crippen LogP contribution is 2.45. The van der Waals surface area contributed by atoms with Gasteiger partial charge in [-0.25, -0.2) is 0 Å². The van der Waals surface area contributed by atoms with E-state index in [0.717, 1.165) is 19.4 Å². The van der Waals surface area contributed by atoms with Crippen molar-refractivity contribution in [1.82, 2.24) is 10.2 Å². The van der Waals surface area contributed by atoms with Crippen molar-refractivity contribution < 1.29 is 9.59 Å². The minimum Gasteiger partial charge on any atom is -0.312 e. The molecular formula is C15H24N2O2. The zero-order chi connectivity index (χ0) is 13.3. The summed E-state index contributed by atoms with van der Waals surface area (Å²) in [6, 6.07) is 0.639. The molecule has 19 heavy (non-hydrogen) atoms. The molecule has 106 valence electrons. The van der Waals surface area contributed by atoms with Gasteiger partial charge in [0.1, 0.15) is 0 Å². The summed E-state index contributed by atoms with van der Waals surface area (Å²) in [5, 5.41) is 3.37. The monoisotopic (exact) mass is 264 g/mol. The van der Waals surface area contributed by atoms with Crippen LogP contribution in [0.15, 0.2) is 0 Å². The van der Waals surface area contributed by atoms with E-state index in [-0.39, 0.29) is 17.2 Å². The van der Waals surface area contributed by atoms with Gasteiger partial charge in [-0.1, -0.05) is 19.3 Å². The molecule has 0 aromatic rings. The molecule has 0 unspecified atom stereocenters. The van der Waals surface area contributed by atoms with Crippen molar-refractivity contribution in [2.75, 3.05) is 13.1 Å². The van der Waals surface area contributed by atoms with Crippen LogP contribution in [0.3, 0.4) is 0 Å². The summed E-state index contributed by atoms with van der Waals surface area (Å²) < 4.78 is 0. The van der Waals surface area contributed by atoms with E-state index in [0.29, 0.717) is 25.4 Å². The van der Waals surface area contributed by atoms with Crippen LogP contribution in [-0.2, 0) is 9.59 Å². The van der Waals surface area contributed by atoms with Gasteiger partial charge in [0.05, 0.1) is 0 Å². The molecule has 0 aromatic heterocycles. The second kappa shape index (κ2) is 5.23. The van der Waals surface area contributed by atoms with E-state index >= 15 is 0 Å². The Morgan fingerprint density at radius 2 is 1.68 bits per heavy atom. The van der Waals surface area contributed by atoms with E-state index in [2.05, 4.69) is 5.32 Å². The molecule has 3 aliphatic rings. The molecule has 1 saturated heterocycles. The highest BCUT2D eigenvalue weighted by atomic mass is 16.2. The number of piperidine rings is 1. The van der Waals surface area contributed by atoms with E-state index in [1.54, 1.807) is 0 Å². The minimum absolute atomic E-state index is 0.0207. The van der Waals surface area contributed by atoms with E-state index < -0.39 is 0 Å². The summed E-state index contributed by atoms with van der Waals surface area (Å²) in [4.78, 5) is 26.0. The number of imide groups is 1. The zero-order valence-electron chi connectivity index (χ0n) is 11.6. The summed E-state index contributed by atoms with van der Waals surface area (Å²) in [7, 11) is 0. The molecule has 0 aromatic carbocycles. The van der Waals surface area contributed by atoms with Gasteiger partial charge in [0.15, 0.2) is 0 Å². The number of hydrogen-bond donors (Lipinski definition) is 1. The Morgan fingerprint density at radius 1 is 1.05 bits per heavy atom. The quantitative estimate of drug-likeness (QED) is 0.788. The van der Waals surface area contributed by atoms with Crippen LogP contribution in [0.5, 0.6) is 0 Å². The predicted molar refractivity (Wildman–Crippen MR) is 72.5 cm³/mol. The molecule has 2 saturated carbocycles. The molecule has 4 heteroatoms. The number of amides is 2. The van der Waals surface area contributed by atoms with Gasteiger partial charge in [0.25, 0.3) is 0 Å². The summed E-state index contributed by atoms with van der Waals surface area (Å²) >= 11 is 0. The number of nitrogens with zero attached hydrogens (tertiary/aromatic N) is 1. The number of hydrogen-bond acceptors (Lipinski definition) is 3. The van der Waals surface area contributed by atoms with Gasteiger partial charge in [-0.2, -0.15) is 0 Å². The second-order valence-electron chi connectivity index (χ2n) is 6.58. The van der Waals surface area contributed by atoms with Crippen molar-refractivity contribution in [3.05, 3.63) is 0 Å². The molecule has 3 fully saturated rings. The van der Waals surface area contributed by atoms with Gasteiger partial charge in [-0.15, -0.1) is 0 Å². The lowest BCUT2D eigenvalue weighted by molar-refractivity contribution is -0.154. The molecule has 3 rings (SSSR count). The Kier molecular flexibility index (Phi) is 3.61. The third kappa shape index (κ3) is 2.99. The first-order chi connectivity index (χ1) is 9.19. The van der Waals surface area contributed by atoms with Crippen LogP contribution < -0.4 is 5.32 Å². The first-order valence-corrected chi connectivity index (χ1v) is 7.75. The first kappa shape index (κ1) is 13.1. The van der Waals surface area contributed by atoms with Gasteiger partial charge < -0.3 is 5.32 Å². The number of carbonyl (C=O) groups excluding carboxylic acids is 2. The maximum absolute atomic E-state index is 12.2. The van der Waals surface area contributed by atoms with Crippen molar-refractivity contribution in [2.45, 2.75) is 63.8 Å². The fourth-order valence-corrected chi connectivity index (χ4v) is 3.61. The van der Waals surface area contributed by atoms with Crippen LogP contribution in [-0.4, -0.2) is 35.8 Å². The summed E-state index contributed by atoms with van der Waals surface area (Å²) in [6.07, 6.45) is 9.45. The van der Waals surface area contributed by atoms with Gasteiger partial charge in [0.2, 0.25) is 11.8 Å². The fourth-order valence-electron chi connectivity index (χ4n) is 3.61. The third-order valence-electron chi connectivity index (χ3n) is 4.91. The Hall–Kier alpha value is -0.900. The highest BCUT2D eigenvalue weighted by Gasteiger charge is 2.43. The molecule has 1 heterocycles. The number of carbonyl (C=O) groups is 2. The average molecular weight is 264 g/mol. The van der Waals surface area contributed by atoms with Crippen LogP contribution in [0.4, 0.5) is 0 Å².